The molecule has 1 aromatic heterocycles. The second kappa shape index (κ2) is 6.68. The number of carbonyl (C=O) groups excluding carboxylic acids is 3. The first-order chi connectivity index (χ1) is 12.6. The summed E-state index contributed by atoms with van der Waals surface area (Å²) in [4.78, 5) is 42.8. The van der Waals surface area contributed by atoms with Gasteiger partial charge in [-0.3, -0.25) is 24.3 Å². The molecule has 1 aromatic carbocycles. The van der Waals surface area contributed by atoms with Crippen LogP contribution in [-0.2, 0) is 6.54 Å². The topological polar surface area (TPSA) is 91.4 Å². The van der Waals surface area contributed by atoms with Crippen LogP contribution in [0.5, 0.6) is 0 Å². The molecule has 4 rings (SSSR count). The van der Waals surface area contributed by atoms with Crippen LogP contribution < -0.4 is 10.6 Å². The molecule has 1 saturated heterocycles. The van der Waals surface area contributed by atoms with Crippen molar-refractivity contribution in [3.05, 3.63) is 65.0 Å². The van der Waals surface area contributed by atoms with Crippen LogP contribution in [0.25, 0.3) is 0 Å². The third-order valence-corrected chi connectivity index (χ3v) is 4.72. The molecule has 0 saturated carbocycles. The van der Waals surface area contributed by atoms with Crippen molar-refractivity contribution in [3.63, 3.8) is 0 Å². The van der Waals surface area contributed by atoms with E-state index in [0.29, 0.717) is 11.1 Å². The Morgan fingerprint density at radius 1 is 1.15 bits per heavy atom. The maximum atomic E-state index is 12.7. The molecule has 1 unspecified atom stereocenters. The van der Waals surface area contributed by atoms with Gasteiger partial charge in [-0.05, 0) is 48.9 Å². The average molecular weight is 350 g/mol. The Hall–Kier alpha value is -3.06. The number of carbonyl (C=O) groups is 3. The highest BCUT2D eigenvalue weighted by molar-refractivity contribution is 6.22. The summed E-state index contributed by atoms with van der Waals surface area (Å²) in [5.74, 6) is -0.943. The Labute approximate surface area is 150 Å². The molecule has 0 bridgehead atoms. The lowest BCUT2D eigenvalue weighted by atomic mass is 10.0. The smallest absolute Gasteiger partial charge is 0.261 e. The maximum absolute atomic E-state index is 12.7. The summed E-state index contributed by atoms with van der Waals surface area (Å²) in [6, 6.07) is 8.29. The first kappa shape index (κ1) is 16.4. The maximum Gasteiger partial charge on any atom is 0.261 e. The van der Waals surface area contributed by atoms with Crippen LogP contribution in [0.1, 0.15) is 43.1 Å². The number of nitrogens with one attached hydrogen (secondary N) is 2. The van der Waals surface area contributed by atoms with Gasteiger partial charge in [0.1, 0.15) is 0 Å². The number of aromatic nitrogens is 1. The highest BCUT2D eigenvalue weighted by Gasteiger charge is 2.36. The lowest BCUT2D eigenvalue weighted by molar-refractivity contribution is 0.0642. The molecule has 1 atom stereocenters. The van der Waals surface area contributed by atoms with E-state index in [1.165, 1.54) is 11.0 Å². The predicted molar refractivity (Wildman–Crippen MR) is 93.6 cm³/mol. The number of hydrogen-bond donors (Lipinski definition) is 2. The highest BCUT2D eigenvalue weighted by Crippen LogP contribution is 2.25. The Kier molecular flexibility index (Phi) is 4.22. The van der Waals surface area contributed by atoms with Crippen LogP contribution in [0, 0.1) is 0 Å². The molecule has 3 heterocycles. The molecule has 2 aliphatic heterocycles. The van der Waals surface area contributed by atoms with Crippen molar-refractivity contribution in [2.24, 2.45) is 0 Å². The molecule has 1 fully saturated rings. The number of amides is 3. The largest absolute Gasteiger partial charge is 0.348 e. The molecule has 0 spiro atoms. The Morgan fingerprint density at radius 3 is 2.65 bits per heavy atom. The zero-order valence-electron chi connectivity index (χ0n) is 14.1. The van der Waals surface area contributed by atoms with Gasteiger partial charge in [0.05, 0.1) is 17.7 Å². The van der Waals surface area contributed by atoms with Gasteiger partial charge in [0.15, 0.2) is 0 Å². The zero-order valence-corrected chi connectivity index (χ0v) is 14.1. The minimum atomic E-state index is -0.376. The van der Waals surface area contributed by atoms with Gasteiger partial charge in [0.25, 0.3) is 17.7 Å². The van der Waals surface area contributed by atoms with Gasteiger partial charge in [0, 0.05) is 30.5 Å². The second-order valence-electron chi connectivity index (χ2n) is 6.48. The third-order valence-electron chi connectivity index (χ3n) is 4.72. The van der Waals surface area contributed by atoms with E-state index in [-0.39, 0.29) is 35.9 Å². The normalized spacial score (nSPS) is 18.9. The number of hydrogen-bond acceptors (Lipinski definition) is 5. The van der Waals surface area contributed by atoms with Crippen LogP contribution in [0.15, 0.2) is 42.7 Å². The van der Waals surface area contributed by atoms with E-state index in [9.17, 15) is 14.4 Å². The molecule has 0 radical (unpaired) electrons. The summed E-state index contributed by atoms with van der Waals surface area (Å²) in [7, 11) is 0. The predicted octanol–water partition coefficient (Wildman–Crippen LogP) is 0.969. The molecule has 132 valence electrons. The van der Waals surface area contributed by atoms with Crippen molar-refractivity contribution in [2.75, 3.05) is 13.1 Å². The summed E-state index contributed by atoms with van der Waals surface area (Å²) in [6.07, 6.45) is 4.12. The van der Waals surface area contributed by atoms with Crippen LogP contribution in [0.2, 0.25) is 0 Å². The monoisotopic (exact) mass is 350 g/mol. The van der Waals surface area contributed by atoms with E-state index < -0.39 is 0 Å². The average Bonchev–Trinajstić information content (AvgIpc) is 3.25. The zero-order chi connectivity index (χ0) is 18.1. The van der Waals surface area contributed by atoms with Gasteiger partial charge in [-0.2, -0.15) is 0 Å². The van der Waals surface area contributed by atoms with Crippen LogP contribution in [0.3, 0.4) is 0 Å². The van der Waals surface area contributed by atoms with Gasteiger partial charge in [-0.25, -0.2) is 0 Å². The molecule has 7 nitrogen and oxygen atoms in total. The quantitative estimate of drug-likeness (QED) is 0.802. The first-order valence-electron chi connectivity index (χ1n) is 8.54. The molecule has 2 aliphatic rings. The standard InChI is InChI=1S/C19H18N4O3/c24-17(22-14-5-8-21-10-14)13-1-2-15-16(9-13)19(26)23(18(15)25)11-12-3-6-20-7-4-12/h1-4,6-7,9,14,21H,5,8,10-11H2,(H,22,24). The first-order valence-corrected chi connectivity index (χ1v) is 8.54. The Bertz CT molecular complexity index is 876. The fourth-order valence-electron chi connectivity index (χ4n) is 3.29. The number of pyridine rings is 1. The summed E-state index contributed by atoms with van der Waals surface area (Å²) in [5, 5.41) is 6.13. The van der Waals surface area contributed by atoms with E-state index in [1.807, 2.05) is 0 Å². The van der Waals surface area contributed by atoms with Crippen molar-refractivity contribution >= 4 is 17.7 Å². The molecule has 2 aromatic rings. The SMILES string of the molecule is O=C(NC1CCNC1)c1ccc2c(c1)C(=O)N(Cc1ccncc1)C2=O. The number of fused-ring (bicyclic) bond motifs is 1. The Balaban J connectivity index is 1.55. The molecular weight excluding hydrogens is 332 g/mol. The molecule has 0 aliphatic carbocycles. The van der Waals surface area contributed by atoms with Crippen LogP contribution >= 0.6 is 0 Å². The minimum absolute atomic E-state index is 0.0938. The van der Waals surface area contributed by atoms with Crippen molar-refractivity contribution in [3.8, 4) is 0 Å². The molecular formula is C19H18N4O3. The van der Waals surface area contributed by atoms with Crippen molar-refractivity contribution in [1.82, 2.24) is 20.5 Å². The van der Waals surface area contributed by atoms with Gasteiger partial charge in [-0.1, -0.05) is 0 Å². The summed E-state index contributed by atoms with van der Waals surface area (Å²) in [5.41, 5.74) is 1.83. The number of imide groups is 1. The minimum Gasteiger partial charge on any atom is -0.348 e. The van der Waals surface area contributed by atoms with E-state index in [1.54, 1.807) is 36.7 Å². The van der Waals surface area contributed by atoms with E-state index >= 15 is 0 Å². The fourth-order valence-corrected chi connectivity index (χ4v) is 3.29. The van der Waals surface area contributed by atoms with E-state index in [2.05, 4.69) is 15.6 Å². The lowest BCUT2D eigenvalue weighted by Crippen LogP contribution is -2.36. The van der Waals surface area contributed by atoms with E-state index in [4.69, 9.17) is 0 Å². The van der Waals surface area contributed by atoms with E-state index in [0.717, 1.165) is 25.1 Å². The van der Waals surface area contributed by atoms with Crippen molar-refractivity contribution in [1.29, 1.82) is 0 Å². The van der Waals surface area contributed by atoms with Gasteiger partial charge in [-0.15, -0.1) is 0 Å². The molecule has 7 heteroatoms. The van der Waals surface area contributed by atoms with Crippen LogP contribution in [-0.4, -0.2) is 46.7 Å². The van der Waals surface area contributed by atoms with Crippen molar-refractivity contribution in [2.45, 2.75) is 19.0 Å². The van der Waals surface area contributed by atoms with Crippen molar-refractivity contribution < 1.29 is 14.4 Å². The second-order valence-corrected chi connectivity index (χ2v) is 6.48. The van der Waals surface area contributed by atoms with Gasteiger partial charge < -0.3 is 10.6 Å². The third kappa shape index (κ3) is 2.97. The number of benzene rings is 1. The van der Waals surface area contributed by atoms with Gasteiger partial charge >= 0.3 is 0 Å². The Morgan fingerprint density at radius 2 is 1.92 bits per heavy atom. The van der Waals surface area contributed by atoms with Gasteiger partial charge in [0.2, 0.25) is 0 Å². The number of rotatable bonds is 4. The fraction of sp³-hybridized carbons (Fsp3) is 0.263. The molecule has 26 heavy (non-hydrogen) atoms. The highest BCUT2D eigenvalue weighted by atomic mass is 16.2. The summed E-state index contributed by atoms with van der Waals surface area (Å²) < 4.78 is 0. The summed E-state index contributed by atoms with van der Waals surface area (Å²) >= 11 is 0. The molecule has 3 amide bonds. The lowest BCUT2D eigenvalue weighted by Gasteiger charge is -2.13. The summed E-state index contributed by atoms with van der Waals surface area (Å²) in [6.45, 7) is 1.81. The van der Waals surface area contributed by atoms with Crippen LogP contribution in [0.4, 0.5) is 0 Å². The number of nitrogens with zero attached hydrogens (tertiary/aromatic N) is 2. The molecule has 2 N–H and O–H groups in total.